The minimum atomic E-state index is -4.99. The van der Waals surface area contributed by atoms with Gasteiger partial charge in [-0.1, -0.05) is 6.07 Å². The molecule has 2 bridgehead atoms. The van der Waals surface area contributed by atoms with Crippen molar-refractivity contribution in [3.63, 3.8) is 0 Å². The highest BCUT2D eigenvalue weighted by molar-refractivity contribution is 7.80. The zero-order valence-electron chi connectivity index (χ0n) is 15.4. The molecule has 3 N–H and O–H groups in total. The second-order valence-electron chi connectivity index (χ2n) is 5.96. The SMILES string of the molecule is COC(=O)C1c2c(cnn2C(N)=O)C2CN1C(=O)N2OS(=O)(=O)O.c1ccncc1. The fourth-order valence-corrected chi connectivity index (χ4v) is 3.48. The van der Waals surface area contributed by atoms with Crippen LogP contribution >= 0.6 is 0 Å². The summed E-state index contributed by atoms with van der Waals surface area (Å²) in [6.07, 6.45) is 4.65. The van der Waals surface area contributed by atoms with E-state index in [1.807, 2.05) is 18.2 Å². The number of hydrogen-bond acceptors (Lipinski definition) is 9. The number of nitrogens with two attached hydrogens (primary N) is 1. The van der Waals surface area contributed by atoms with Crippen molar-refractivity contribution in [3.05, 3.63) is 48.0 Å². The maximum absolute atomic E-state index is 12.3. The summed E-state index contributed by atoms with van der Waals surface area (Å²) < 4.78 is 40.4. The molecule has 4 rings (SSSR count). The van der Waals surface area contributed by atoms with Crippen LogP contribution in [0.25, 0.3) is 0 Å². The molecule has 160 valence electrons. The van der Waals surface area contributed by atoms with E-state index in [4.69, 9.17) is 10.3 Å². The number of carbonyl (C=O) groups is 3. The molecule has 3 amide bonds. The Hall–Kier alpha value is -3.56. The van der Waals surface area contributed by atoms with Gasteiger partial charge in [-0.15, -0.1) is 4.28 Å². The molecule has 0 saturated carbocycles. The van der Waals surface area contributed by atoms with Gasteiger partial charge in [-0.05, 0) is 12.1 Å². The molecular weight excluding hydrogens is 424 g/mol. The van der Waals surface area contributed by atoms with Gasteiger partial charge in [0.2, 0.25) is 0 Å². The summed E-state index contributed by atoms with van der Waals surface area (Å²) in [4.78, 5) is 40.6. The van der Waals surface area contributed by atoms with Gasteiger partial charge in [-0.3, -0.25) is 9.54 Å². The number of amides is 3. The number of rotatable bonds is 3. The summed E-state index contributed by atoms with van der Waals surface area (Å²) in [6, 6.07) is 1.29. The number of pyridine rings is 1. The van der Waals surface area contributed by atoms with E-state index in [0.717, 1.165) is 18.2 Å². The summed E-state index contributed by atoms with van der Waals surface area (Å²) >= 11 is 0. The molecule has 15 heteroatoms. The van der Waals surface area contributed by atoms with Gasteiger partial charge in [0.15, 0.2) is 6.04 Å². The normalized spacial score (nSPS) is 19.6. The monoisotopic (exact) mass is 440 g/mol. The first kappa shape index (κ1) is 21.2. The van der Waals surface area contributed by atoms with E-state index >= 15 is 0 Å². The van der Waals surface area contributed by atoms with Crippen molar-refractivity contribution in [3.8, 4) is 0 Å². The zero-order chi connectivity index (χ0) is 22.1. The van der Waals surface area contributed by atoms with Gasteiger partial charge in [0, 0.05) is 18.0 Å². The molecule has 2 unspecified atom stereocenters. The van der Waals surface area contributed by atoms with Crippen LogP contribution in [0.15, 0.2) is 36.8 Å². The highest BCUT2D eigenvalue weighted by atomic mass is 32.3. The Bertz CT molecular complexity index is 1050. The first-order valence-corrected chi connectivity index (χ1v) is 9.59. The van der Waals surface area contributed by atoms with Crippen molar-refractivity contribution in [2.24, 2.45) is 5.73 Å². The van der Waals surface area contributed by atoms with Crippen molar-refractivity contribution >= 4 is 28.4 Å². The Labute approximate surface area is 169 Å². The number of fused-ring (bicyclic) bond motifs is 4. The number of esters is 1. The van der Waals surface area contributed by atoms with Crippen LogP contribution in [0.3, 0.4) is 0 Å². The molecule has 0 spiro atoms. The number of methoxy groups -OCH3 is 1. The number of aromatic nitrogens is 3. The Kier molecular flexibility index (Phi) is 5.68. The molecule has 30 heavy (non-hydrogen) atoms. The maximum Gasteiger partial charge on any atom is 0.418 e. The van der Waals surface area contributed by atoms with Gasteiger partial charge in [-0.2, -0.15) is 23.3 Å². The number of urea groups is 1. The fourth-order valence-electron chi connectivity index (χ4n) is 3.11. The lowest BCUT2D eigenvalue weighted by molar-refractivity contribution is -0.146. The predicted octanol–water partition coefficient (Wildman–Crippen LogP) is -0.368. The molecule has 0 aliphatic carbocycles. The van der Waals surface area contributed by atoms with Gasteiger partial charge < -0.3 is 15.4 Å². The van der Waals surface area contributed by atoms with Gasteiger partial charge in [-0.25, -0.2) is 14.4 Å². The van der Waals surface area contributed by atoms with Crippen LogP contribution in [0, 0.1) is 0 Å². The van der Waals surface area contributed by atoms with Crippen LogP contribution in [0.2, 0.25) is 0 Å². The lowest BCUT2D eigenvalue weighted by atomic mass is 9.98. The summed E-state index contributed by atoms with van der Waals surface area (Å²) in [5, 5.41) is 4.12. The summed E-state index contributed by atoms with van der Waals surface area (Å²) in [5.74, 6) is -0.889. The summed E-state index contributed by atoms with van der Waals surface area (Å²) in [6.45, 7) is -0.147. The largest absolute Gasteiger partial charge is 0.467 e. The quantitative estimate of drug-likeness (QED) is 0.471. The fraction of sp³-hybridized carbons (Fsp3) is 0.267. The number of hydrogen-bond donors (Lipinski definition) is 2. The minimum absolute atomic E-state index is 0.0413. The smallest absolute Gasteiger partial charge is 0.418 e. The second-order valence-corrected chi connectivity index (χ2v) is 6.97. The third-order valence-electron chi connectivity index (χ3n) is 4.23. The topological polar surface area (TPSA) is 187 Å². The molecule has 2 aliphatic rings. The standard InChI is InChI=1S/C10H11N5O8S.C5H5N/c1-22-8(16)7-6-4(2-12-14(6)9(11)17)5-3-13(7)10(18)15(5)23-24(19,20)21;1-2-4-6-5-3-1/h2,5,7H,3H2,1H3,(H2,11,17)(H,19,20,21);1-5H. The first-order valence-electron chi connectivity index (χ1n) is 8.23. The van der Waals surface area contributed by atoms with E-state index in [9.17, 15) is 22.8 Å². The number of nitrogens with zero attached hydrogens (tertiary/aromatic N) is 5. The average molecular weight is 440 g/mol. The summed E-state index contributed by atoms with van der Waals surface area (Å²) in [7, 11) is -3.92. The molecule has 1 saturated heterocycles. The van der Waals surface area contributed by atoms with E-state index in [0.29, 0.717) is 9.75 Å². The molecule has 2 aliphatic heterocycles. The summed E-state index contributed by atoms with van der Waals surface area (Å²) in [5.41, 5.74) is 5.31. The molecule has 2 aromatic heterocycles. The van der Waals surface area contributed by atoms with E-state index in [1.54, 1.807) is 12.4 Å². The predicted molar refractivity (Wildman–Crippen MR) is 95.5 cm³/mol. The first-order chi connectivity index (χ1) is 14.2. The maximum atomic E-state index is 12.3. The van der Waals surface area contributed by atoms with Crippen LogP contribution < -0.4 is 5.73 Å². The van der Waals surface area contributed by atoms with Gasteiger partial charge >= 0.3 is 28.4 Å². The van der Waals surface area contributed by atoms with Crippen molar-refractivity contribution in [1.29, 1.82) is 0 Å². The number of carbonyl (C=O) groups excluding carboxylic acids is 3. The van der Waals surface area contributed by atoms with Crippen LogP contribution in [-0.2, 0) is 24.2 Å². The Morgan fingerprint density at radius 1 is 1.27 bits per heavy atom. The third kappa shape index (κ3) is 3.93. The van der Waals surface area contributed by atoms with Gasteiger partial charge in [0.05, 0.1) is 25.5 Å². The van der Waals surface area contributed by atoms with Crippen LogP contribution in [0.5, 0.6) is 0 Å². The Morgan fingerprint density at radius 3 is 2.40 bits per heavy atom. The van der Waals surface area contributed by atoms with E-state index in [1.165, 1.54) is 0 Å². The average Bonchev–Trinajstić information content (AvgIpc) is 3.26. The lowest BCUT2D eigenvalue weighted by Crippen LogP contribution is -2.41. The van der Waals surface area contributed by atoms with Crippen molar-refractivity contribution in [1.82, 2.24) is 24.7 Å². The highest BCUT2D eigenvalue weighted by Gasteiger charge is 2.54. The Balaban J connectivity index is 0.000000367. The highest BCUT2D eigenvalue weighted by Crippen LogP contribution is 2.44. The van der Waals surface area contributed by atoms with E-state index in [-0.39, 0.29) is 17.8 Å². The molecule has 2 atom stereocenters. The van der Waals surface area contributed by atoms with Crippen molar-refractivity contribution < 1.29 is 36.4 Å². The van der Waals surface area contributed by atoms with E-state index in [2.05, 4.69) is 19.1 Å². The second kappa shape index (κ2) is 8.05. The minimum Gasteiger partial charge on any atom is -0.467 e. The molecule has 14 nitrogen and oxygen atoms in total. The molecule has 0 radical (unpaired) electrons. The number of hydroxylamine groups is 2. The Morgan fingerprint density at radius 2 is 1.93 bits per heavy atom. The zero-order valence-corrected chi connectivity index (χ0v) is 16.2. The van der Waals surface area contributed by atoms with E-state index < -0.39 is 40.5 Å². The van der Waals surface area contributed by atoms with Crippen LogP contribution in [0.4, 0.5) is 9.59 Å². The molecule has 1 fully saturated rings. The van der Waals surface area contributed by atoms with Crippen LogP contribution in [0.1, 0.15) is 23.3 Å². The lowest BCUT2D eigenvalue weighted by Gasteiger charge is -2.28. The third-order valence-corrected chi connectivity index (χ3v) is 4.58. The van der Waals surface area contributed by atoms with Crippen molar-refractivity contribution in [2.75, 3.05) is 13.7 Å². The molecule has 2 aromatic rings. The van der Waals surface area contributed by atoms with Gasteiger partial charge in [0.1, 0.15) is 6.04 Å². The number of primary amides is 1. The molecule has 0 aromatic carbocycles. The molecular formula is C15H16N6O8S. The van der Waals surface area contributed by atoms with Gasteiger partial charge in [0.25, 0.3) is 0 Å². The number of ether oxygens (including phenoxy) is 1. The van der Waals surface area contributed by atoms with Crippen LogP contribution in [-0.4, -0.2) is 69.4 Å². The van der Waals surface area contributed by atoms with Crippen molar-refractivity contribution in [2.45, 2.75) is 12.1 Å². The molecule has 4 heterocycles.